The zero-order chi connectivity index (χ0) is 45.6. The lowest BCUT2D eigenvalue weighted by Crippen LogP contribution is -2.14. The summed E-state index contributed by atoms with van der Waals surface area (Å²) in [7, 11) is 0. The second kappa shape index (κ2) is 25.4. The van der Waals surface area contributed by atoms with Crippen molar-refractivity contribution in [2.24, 2.45) is 17.8 Å². The monoisotopic (exact) mass is 948 g/mol. The van der Waals surface area contributed by atoms with Gasteiger partial charge in [-0.3, -0.25) is 0 Å². The third-order valence-electron chi connectivity index (χ3n) is 13.3. The van der Waals surface area contributed by atoms with E-state index in [4.69, 9.17) is 14.2 Å². The van der Waals surface area contributed by atoms with E-state index in [2.05, 4.69) is 72.7 Å². The summed E-state index contributed by atoms with van der Waals surface area (Å²) in [5.74, 6) is 2.17. The molecule has 0 aliphatic carbocycles. The van der Waals surface area contributed by atoms with Crippen LogP contribution in [0.3, 0.4) is 0 Å². The van der Waals surface area contributed by atoms with Crippen LogP contribution in [0.1, 0.15) is 189 Å². The largest absolute Gasteiger partial charge is 0.492 e. The molecule has 0 bridgehead atoms. The van der Waals surface area contributed by atoms with Gasteiger partial charge in [-0.1, -0.05) is 138 Å². The van der Waals surface area contributed by atoms with Crippen LogP contribution in [0.15, 0.2) is 24.3 Å². The van der Waals surface area contributed by atoms with Crippen LogP contribution in [0.2, 0.25) is 0 Å². The van der Waals surface area contributed by atoms with Gasteiger partial charge in [-0.15, -0.1) is 45.3 Å². The maximum absolute atomic E-state index is 16.7. The Labute approximate surface area is 400 Å². The molecule has 64 heavy (non-hydrogen) atoms. The van der Waals surface area contributed by atoms with Crippen LogP contribution in [-0.4, -0.2) is 25.8 Å². The molecule has 0 saturated carbocycles. The summed E-state index contributed by atoms with van der Waals surface area (Å²) in [5.41, 5.74) is 0. The molecule has 4 heterocycles. The molecule has 4 nitrogen and oxygen atoms in total. The van der Waals surface area contributed by atoms with Crippen LogP contribution in [0.4, 0.5) is 4.39 Å². The van der Waals surface area contributed by atoms with Crippen molar-refractivity contribution >= 4 is 92.3 Å². The number of benzene rings is 2. The third kappa shape index (κ3) is 12.6. The second-order valence-corrected chi connectivity index (χ2v) is 23.2. The highest BCUT2D eigenvalue weighted by Gasteiger charge is 2.28. The lowest BCUT2D eigenvalue weighted by molar-refractivity contribution is 0.0429. The highest BCUT2D eigenvalue weighted by Crippen LogP contribution is 2.52. The first-order valence-electron chi connectivity index (χ1n) is 25.2. The van der Waals surface area contributed by atoms with Crippen molar-refractivity contribution in [1.29, 1.82) is 0 Å². The number of carbonyl (C=O) groups is 1. The highest BCUT2D eigenvalue weighted by atomic mass is 32.1. The van der Waals surface area contributed by atoms with Crippen molar-refractivity contribution in [3.63, 3.8) is 0 Å². The Bertz CT molecular complexity index is 2380. The van der Waals surface area contributed by atoms with Gasteiger partial charge in [-0.05, 0) is 88.0 Å². The molecule has 6 rings (SSSR count). The van der Waals surface area contributed by atoms with E-state index in [0.29, 0.717) is 43.0 Å². The van der Waals surface area contributed by atoms with Gasteiger partial charge in [0.2, 0.25) is 0 Å². The molecule has 0 fully saturated rings. The Balaban J connectivity index is 1.45. The molecule has 3 atom stereocenters. The molecular formula is C55H77FO4S4. The summed E-state index contributed by atoms with van der Waals surface area (Å²) < 4.78 is 40.0. The van der Waals surface area contributed by atoms with Gasteiger partial charge in [0, 0.05) is 51.0 Å². The number of thiophene rings is 4. The number of unbranched alkanes of at least 4 members (excludes halogenated alkanes) is 9. The topological polar surface area (TPSA) is 44.8 Å². The van der Waals surface area contributed by atoms with E-state index < -0.39 is 11.8 Å². The van der Waals surface area contributed by atoms with E-state index in [-0.39, 0.29) is 4.88 Å². The number of aryl methyl sites for hydroxylation is 2. The quantitative estimate of drug-likeness (QED) is 0.0333. The Kier molecular flexibility index (Phi) is 20.1. The normalized spacial score (nSPS) is 13.5. The molecule has 9 heteroatoms. The predicted molar refractivity (Wildman–Crippen MR) is 281 cm³/mol. The number of hydrogen-bond donors (Lipinski definition) is 0. The second-order valence-electron chi connectivity index (χ2n) is 18.6. The first-order chi connectivity index (χ1) is 31.1. The molecule has 0 radical (unpaired) electrons. The van der Waals surface area contributed by atoms with Gasteiger partial charge in [-0.25, -0.2) is 9.18 Å². The zero-order valence-electron chi connectivity index (χ0n) is 40.4. The average Bonchev–Trinajstić information content (AvgIpc) is 4.06. The van der Waals surface area contributed by atoms with Crippen molar-refractivity contribution < 1.29 is 23.4 Å². The van der Waals surface area contributed by atoms with E-state index in [1.807, 2.05) is 18.3 Å². The van der Waals surface area contributed by atoms with E-state index in [1.165, 1.54) is 123 Å². The van der Waals surface area contributed by atoms with E-state index in [1.54, 1.807) is 22.7 Å². The molecule has 352 valence electrons. The molecule has 0 N–H and O–H groups in total. The van der Waals surface area contributed by atoms with Crippen LogP contribution >= 0.6 is 45.3 Å². The summed E-state index contributed by atoms with van der Waals surface area (Å²) in [6, 6.07) is 9.21. The number of fused-ring (bicyclic) bond motifs is 4. The maximum Gasteiger partial charge on any atom is 0.351 e. The van der Waals surface area contributed by atoms with Crippen molar-refractivity contribution in [2.75, 3.05) is 19.8 Å². The number of halogens is 1. The Morgan fingerprint density at radius 2 is 1.08 bits per heavy atom. The fraction of sp³-hybridized carbons (Fsp3) is 0.618. The SMILES string of the molecule is CCCCCCC(CCCC)COc1c2cc(C)sc2cc2c(OCC(CCCC)CCCCCC)c3cc(-c4sc(C)c5sc(C(=O)OCC(CC)CCCC)c(F)c45)sc3cc12. The van der Waals surface area contributed by atoms with Gasteiger partial charge in [0.05, 0.1) is 29.4 Å². The van der Waals surface area contributed by atoms with Gasteiger partial charge in [0.25, 0.3) is 0 Å². The van der Waals surface area contributed by atoms with Crippen LogP contribution in [0, 0.1) is 37.4 Å². The summed E-state index contributed by atoms with van der Waals surface area (Å²) in [4.78, 5) is 17.7. The Morgan fingerprint density at radius 3 is 1.62 bits per heavy atom. The molecule has 0 aliphatic rings. The number of carbonyl (C=O) groups excluding carboxylic acids is 1. The number of hydrogen-bond acceptors (Lipinski definition) is 8. The number of rotatable bonds is 30. The van der Waals surface area contributed by atoms with Crippen LogP contribution in [0.25, 0.3) is 50.8 Å². The minimum atomic E-state index is -0.546. The first-order valence-corrected chi connectivity index (χ1v) is 28.5. The average molecular weight is 949 g/mol. The van der Waals surface area contributed by atoms with E-state index >= 15 is 4.39 Å². The molecule has 0 aliphatic heterocycles. The molecule has 2 aromatic carbocycles. The molecule has 4 aromatic heterocycles. The molecular weight excluding hydrogens is 872 g/mol. The van der Waals surface area contributed by atoms with Gasteiger partial charge in [0.15, 0.2) is 5.82 Å². The van der Waals surface area contributed by atoms with Crippen molar-refractivity contribution in [3.05, 3.63) is 44.7 Å². The van der Waals surface area contributed by atoms with Gasteiger partial charge < -0.3 is 14.2 Å². The van der Waals surface area contributed by atoms with E-state index in [9.17, 15) is 4.79 Å². The highest BCUT2D eigenvalue weighted by molar-refractivity contribution is 7.30. The lowest BCUT2D eigenvalue weighted by atomic mass is 9.95. The zero-order valence-corrected chi connectivity index (χ0v) is 43.7. The number of ether oxygens (including phenoxy) is 3. The summed E-state index contributed by atoms with van der Waals surface area (Å²) in [6.45, 7) is 19.4. The predicted octanol–water partition coefficient (Wildman–Crippen LogP) is 19.7. The molecule has 0 amide bonds. The van der Waals surface area contributed by atoms with Gasteiger partial charge in [-0.2, -0.15) is 0 Å². The lowest BCUT2D eigenvalue weighted by Gasteiger charge is -2.21. The van der Waals surface area contributed by atoms with Crippen LogP contribution in [-0.2, 0) is 4.74 Å². The van der Waals surface area contributed by atoms with Crippen molar-refractivity contribution in [2.45, 2.75) is 184 Å². The van der Waals surface area contributed by atoms with Gasteiger partial charge >= 0.3 is 5.97 Å². The van der Waals surface area contributed by atoms with Crippen LogP contribution < -0.4 is 9.47 Å². The van der Waals surface area contributed by atoms with Crippen LogP contribution in [0.5, 0.6) is 11.5 Å². The fourth-order valence-electron chi connectivity index (χ4n) is 9.32. The first kappa shape index (κ1) is 50.7. The summed E-state index contributed by atoms with van der Waals surface area (Å²) >= 11 is 6.38. The minimum Gasteiger partial charge on any atom is -0.492 e. The molecule has 0 spiro atoms. The minimum absolute atomic E-state index is 0.0835. The maximum atomic E-state index is 16.7. The van der Waals surface area contributed by atoms with Crippen molar-refractivity contribution in [3.8, 4) is 21.3 Å². The summed E-state index contributed by atoms with van der Waals surface area (Å²) in [6.07, 6.45) is 23.8. The molecule has 0 saturated heterocycles. The Morgan fingerprint density at radius 1 is 0.562 bits per heavy atom. The summed E-state index contributed by atoms with van der Waals surface area (Å²) in [5, 5.41) is 4.98. The fourth-order valence-corrected chi connectivity index (χ4v) is 13.8. The van der Waals surface area contributed by atoms with Crippen molar-refractivity contribution in [1.82, 2.24) is 0 Å². The van der Waals surface area contributed by atoms with Gasteiger partial charge in [0.1, 0.15) is 16.4 Å². The Hall–Kier alpha value is -2.72. The van der Waals surface area contributed by atoms with E-state index in [0.717, 1.165) is 83.8 Å². The standard InChI is InChI=1S/C55H77FO4S4/c1-9-15-20-22-27-39(25-18-12-4)34-58-50-42-31-46-44(51(41(42)30-45-43(50)29-36(7)61-45)59-35-40(26-19-13-5)28-23-21-16-10-2)32-47(63-46)53-48-49(56)54(64-52(48)37(8)62-53)55(57)60-33-38(14-6)24-17-11-3/h29-32,38-40H,9-28,33-35H2,1-8H3. The third-order valence-corrected chi connectivity index (χ3v) is 18.1. The smallest absolute Gasteiger partial charge is 0.351 e. The number of esters is 1. The molecule has 3 unspecified atom stereocenters. The molecule has 6 aromatic rings.